The van der Waals surface area contributed by atoms with Crippen LogP contribution < -0.4 is 20.5 Å². The zero-order chi connectivity index (χ0) is 20.4. The highest BCUT2D eigenvalue weighted by Crippen LogP contribution is 2.29. The van der Waals surface area contributed by atoms with E-state index in [0.29, 0.717) is 16.9 Å². The van der Waals surface area contributed by atoms with E-state index in [1.54, 1.807) is 25.1 Å². The van der Waals surface area contributed by atoms with Gasteiger partial charge in [0.25, 0.3) is 5.56 Å². The van der Waals surface area contributed by atoms with Gasteiger partial charge in [-0.05, 0) is 30.5 Å². The van der Waals surface area contributed by atoms with Gasteiger partial charge in [0.1, 0.15) is 16.8 Å². The molecule has 1 aliphatic rings. The van der Waals surface area contributed by atoms with E-state index >= 15 is 0 Å². The molecule has 0 radical (unpaired) electrons. The molecule has 2 aromatic heterocycles. The van der Waals surface area contributed by atoms with Gasteiger partial charge in [0.05, 0.1) is 13.7 Å². The Labute approximate surface area is 172 Å². The normalized spacial score (nSPS) is 14.9. The molecule has 1 aliphatic heterocycles. The van der Waals surface area contributed by atoms with Crippen molar-refractivity contribution >= 4 is 32.7 Å². The van der Waals surface area contributed by atoms with Crippen molar-refractivity contribution in [3.05, 3.63) is 46.5 Å². The molecule has 3 heterocycles. The predicted octanol–water partition coefficient (Wildman–Crippen LogP) is 1.87. The molecule has 1 fully saturated rings. The number of methoxy groups -OCH3 is 1. The number of piperidine rings is 1. The van der Waals surface area contributed by atoms with Gasteiger partial charge in [-0.25, -0.2) is 4.98 Å². The minimum atomic E-state index is -0.0955. The number of aromatic nitrogens is 3. The number of hydrogen-bond acceptors (Lipinski definition) is 7. The highest BCUT2D eigenvalue weighted by Gasteiger charge is 2.26. The minimum Gasteiger partial charge on any atom is -0.497 e. The van der Waals surface area contributed by atoms with Gasteiger partial charge in [0.15, 0.2) is 10.8 Å². The number of rotatable bonds is 5. The van der Waals surface area contributed by atoms with E-state index < -0.39 is 0 Å². The number of hydrogen-bond donors (Lipinski definition) is 1. The molecule has 1 N–H and O–H groups in total. The minimum absolute atomic E-state index is 0.0452. The third-order valence-electron chi connectivity index (χ3n) is 5.24. The average molecular weight is 414 g/mol. The van der Waals surface area contributed by atoms with Crippen LogP contribution in [0.15, 0.2) is 35.4 Å². The number of nitrogens with one attached hydrogen (secondary N) is 1. The molecule has 0 unspecified atom stereocenters. The summed E-state index contributed by atoms with van der Waals surface area (Å²) in [5, 5.41) is 3.51. The first-order valence-corrected chi connectivity index (χ1v) is 10.4. The molecule has 0 aliphatic carbocycles. The number of anilines is 1. The van der Waals surface area contributed by atoms with Gasteiger partial charge in [0.2, 0.25) is 5.91 Å². The van der Waals surface area contributed by atoms with E-state index in [4.69, 9.17) is 4.74 Å². The van der Waals surface area contributed by atoms with Crippen molar-refractivity contribution in [3.8, 4) is 5.75 Å². The van der Waals surface area contributed by atoms with E-state index in [1.165, 1.54) is 11.3 Å². The average Bonchev–Trinajstić information content (AvgIpc) is 3.20. The third-order valence-corrected chi connectivity index (χ3v) is 6.34. The molecule has 3 aromatic rings. The third kappa shape index (κ3) is 3.95. The first-order chi connectivity index (χ1) is 14.1. The van der Waals surface area contributed by atoms with Gasteiger partial charge in [-0.3, -0.25) is 14.2 Å². The smallest absolute Gasteiger partial charge is 0.273 e. The van der Waals surface area contributed by atoms with Gasteiger partial charge in [-0.2, -0.15) is 4.98 Å². The molecule has 0 saturated carbocycles. The Hall–Kier alpha value is -2.94. The quantitative estimate of drug-likeness (QED) is 0.687. The Morgan fingerprint density at radius 3 is 2.86 bits per heavy atom. The fraction of sp³-hybridized carbons (Fsp3) is 0.400. The van der Waals surface area contributed by atoms with Gasteiger partial charge in [-0.1, -0.05) is 23.5 Å². The van der Waals surface area contributed by atoms with Crippen molar-refractivity contribution in [3.63, 3.8) is 0 Å². The number of amides is 1. The number of ether oxygens (including phenoxy) is 1. The molecule has 9 heteroatoms. The Kier molecular flexibility index (Phi) is 5.48. The zero-order valence-corrected chi connectivity index (χ0v) is 17.2. The first kappa shape index (κ1) is 19.4. The molecule has 1 aromatic carbocycles. The van der Waals surface area contributed by atoms with E-state index in [2.05, 4.69) is 20.2 Å². The van der Waals surface area contributed by atoms with Crippen LogP contribution in [-0.4, -0.2) is 47.7 Å². The molecule has 0 bridgehead atoms. The van der Waals surface area contributed by atoms with Crippen LogP contribution in [0.3, 0.4) is 0 Å². The van der Waals surface area contributed by atoms with Crippen molar-refractivity contribution in [1.29, 1.82) is 0 Å². The summed E-state index contributed by atoms with van der Waals surface area (Å²) in [6, 6.07) is 7.63. The van der Waals surface area contributed by atoms with Gasteiger partial charge < -0.3 is 15.0 Å². The van der Waals surface area contributed by atoms with Crippen molar-refractivity contribution in [2.24, 2.45) is 5.92 Å². The Bertz CT molecular complexity index is 1090. The summed E-state index contributed by atoms with van der Waals surface area (Å²) < 4.78 is 7.40. The Morgan fingerprint density at radius 2 is 2.14 bits per heavy atom. The fourth-order valence-corrected chi connectivity index (χ4v) is 4.61. The van der Waals surface area contributed by atoms with Crippen LogP contribution in [-0.2, 0) is 11.3 Å². The fourth-order valence-electron chi connectivity index (χ4n) is 3.59. The number of nitrogens with zero attached hydrogens (tertiary/aromatic N) is 4. The summed E-state index contributed by atoms with van der Waals surface area (Å²) in [6.45, 7) is 1.91. The molecular weight excluding hydrogens is 390 g/mol. The lowest BCUT2D eigenvalue weighted by Crippen LogP contribution is -2.39. The number of thiazole rings is 1. The maximum atomic E-state index is 13.0. The van der Waals surface area contributed by atoms with Crippen LogP contribution in [0.5, 0.6) is 5.75 Å². The second-order valence-corrected chi connectivity index (χ2v) is 8.03. The van der Waals surface area contributed by atoms with Crippen LogP contribution in [0.25, 0.3) is 10.3 Å². The standard InChI is InChI=1S/C20H23N5O3S/c1-21-18(26)14-6-8-24(9-7-14)20-23-17-16(29-20)19(27)25(12-22-17)11-13-4-3-5-15(10-13)28-2/h3-5,10,12,14H,6-9,11H2,1-2H3,(H,21,26). The van der Waals surface area contributed by atoms with E-state index in [1.807, 2.05) is 24.3 Å². The Balaban J connectivity index is 1.55. The highest BCUT2D eigenvalue weighted by molar-refractivity contribution is 7.22. The summed E-state index contributed by atoms with van der Waals surface area (Å²) in [7, 11) is 3.29. The van der Waals surface area contributed by atoms with Crippen molar-refractivity contribution in [1.82, 2.24) is 19.9 Å². The molecule has 4 rings (SSSR count). The molecule has 8 nitrogen and oxygen atoms in total. The van der Waals surface area contributed by atoms with Crippen LogP contribution in [0.4, 0.5) is 5.13 Å². The van der Waals surface area contributed by atoms with Crippen LogP contribution >= 0.6 is 11.3 Å². The van der Waals surface area contributed by atoms with Crippen LogP contribution in [0.2, 0.25) is 0 Å². The molecule has 1 saturated heterocycles. The zero-order valence-electron chi connectivity index (χ0n) is 16.4. The Morgan fingerprint density at radius 1 is 1.34 bits per heavy atom. The first-order valence-electron chi connectivity index (χ1n) is 9.54. The summed E-state index contributed by atoms with van der Waals surface area (Å²) in [6.07, 6.45) is 3.11. The molecular formula is C20H23N5O3S. The number of carbonyl (C=O) groups excluding carboxylic acids is 1. The van der Waals surface area contributed by atoms with Crippen molar-refractivity contribution < 1.29 is 9.53 Å². The molecule has 152 valence electrons. The second kappa shape index (κ2) is 8.20. The molecule has 29 heavy (non-hydrogen) atoms. The number of carbonyl (C=O) groups is 1. The summed E-state index contributed by atoms with van der Waals surface area (Å²) in [5.74, 6) is 0.893. The SMILES string of the molecule is CNC(=O)C1CCN(c2nc3ncn(Cc4cccc(OC)c4)c(=O)c3s2)CC1. The second-order valence-electron chi connectivity index (χ2n) is 7.05. The summed E-state index contributed by atoms with van der Waals surface area (Å²) >= 11 is 1.37. The topological polar surface area (TPSA) is 89.3 Å². The maximum absolute atomic E-state index is 13.0. The predicted molar refractivity (Wildman–Crippen MR) is 113 cm³/mol. The lowest BCUT2D eigenvalue weighted by molar-refractivity contribution is -0.125. The number of benzene rings is 1. The summed E-state index contributed by atoms with van der Waals surface area (Å²) in [5.41, 5.74) is 1.35. The van der Waals surface area contributed by atoms with Gasteiger partial charge >= 0.3 is 0 Å². The van der Waals surface area contributed by atoms with Crippen LogP contribution in [0, 0.1) is 5.92 Å². The summed E-state index contributed by atoms with van der Waals surface area (Å²) in [4.78, 5) is 35.9. The molecule has 0 atom stereocenters. The number of fused-ring (bicyclic) bond motifs is 1. The van der Waals surface area contributed by atoms with Crippen molar-refractivity contribution in [2.45, 2.75) is 19.4 Å². The van der Waals surface area contributed by atoms with E-state index in [0.717, 1.165) is 42.4 Å². The monoisotopic (exact) mass is 413 g/mol. The van der Waals surface area contributed by atoms with E-state index in [-0.39, 0.29) is 17.4 Å². The highest BCUT2D eigenvalue weighted by atomic mass is 32.1. The molecule has 1 amide bonds. The largest absolute Gasteiger partial charge is 0.497 e. The van der Waals surface area contributed by atoms with Gasteiger partial charge in [-0.15, -0.1) is 0 Å². The van der Waals surface area contributed by atoms with E-state index in [9.17, 15) is 9.59 Å². The van der Waals surface area contributed by atoms with Crippen molar-refractivity contribution in [2.75, 3.05) is 32.1 Å². The lowest BCUT2D eigenvalue weighted by Gasteiger charge is -2.30. The maximum Gasteiger partial charge on any atom is 0.273 e. The lowest BCUT2D eigenvalue weighted by atomic mass is 9.96. The van der Waals surface area contributed by atoms with Crippen LogP contribution in [0.1, 0.15) is 18.4 Å². The van der Waals surface area contributed by atoms with Gasteiger partial charge in [0, 0.05) is 26.1 Å². The molecule has 0 spiro atoms.